The molecule has 0 aliphatic rings. The molecular formula is C15H18F4N2S. The molecule has 0 N–H and O–H groups in total. The van der Waals surface area contributed by atoms with E-state index in [0.717, 1.165) is 12.8 Å². The van der Waals surface area contributed by atoms with Crippen LogP contribution in [0.25, 0.3) is 0 Å². The van der Waals surface area contributed by atoms with Gasteiger partial charge in [0, 0.05) is 18.8 Å². The Bertz CT molecular complexity index is 573. The predicted molar refractivity (Wildman–Crippen MR) is 81.7 cm³/mol. The monoisotopic (exact) mass is 334 g/mol. The van der Waals surface area contributed by atoms with Crippen LogP contribution < -0.4 is 0 Å². The maximum atomic E-state index is 13.7. The molecule has 1 aromatic carbocycles. The Morgan fingerprint density at radius 3 is 2.41 bits per heavy atom. The van der Waals surface area contributed by atoms with Gasteiger partial charge >= 0.3 is 0 Å². The van der Waals surface area contributed by atoms with Gasteiger partial charge in [-0.1, -0.05) is 13.3 Å². The Balaban J connectivity index is 3.07. The fourth-order valence-corrected chi connectivity index (χ4v) is 2.50. The van der Waals surface area contributed by atoms with Gasteiger partial charge in [0.1, 0.15) is 16.5 Å². The van der Waals surface area contributed by atoms with Crippen LogP contribution in [-0.4, -0.2) is 17.1 Å². The topological polar surface area (TPSA) is 15.6 Å². The molecule has 22 heavy (non-hydrogen) atoms. The zero-order valence-electron chi connectivity index (χ0n) is 12.7. The third kappa shape index (κ3) is 4.50. The van der Waals surface area contributed by atoms with Gasteiger partial charge in [0.2, 0.25) is 0 Å². The Labute approximate surface area is 132 Å². The number of hydrogen-bond acceptors (Lipinski definition) is 3. The third-order valence-electron chi connectivity index (χ3n) is 2.72. The largest absolute Gasteiger partial charge is 0.297 e. The van der Waals surface area contributed by atoms with Crippen LogP contribution in [0.3, 0.4) is 0 Å². The van der Waals surface area contributed by atoms with E-state index in [1.165, 1.54) is 4.31 Å². The summed E-state index contributed by atoms with van der Waals surface area (Å²) < 4.78 is 55.2. The summed E-state index contributed by atoms with van der Waals surface area (Å²) in [4.78, 5) is 3.64. The first-order valence-electron chi connectivity index (χ1n) is 6.93. The summed E-state index contributed by atoms with van der Waals surface area (Å²) >= 11 is 0.650. The highest BCUT2D eigenvalue weighted by Gasteiger charge is 2.22. The van der Waals surface area contributed by atoms with E-state index in [4.69, 9.17) is 0 Å². The molecule has 0 atom stereocenters. The summed E-state index contributed by atoms with van der Waals surface area (Å²) in [6.07, 6.45) is 5.08. The van der Waals surface area contributed by atoms with Crippen LogP contribution in [0.5, 0.6) is 0 Å². The predicted octanol–water partition coefficient (Wildman–Crippen LogP) is 5.30. The third-order valence-corrected chi connectivity index (χ3v) is 3.94. The van der Waals surface area contributed by atoms with Gasteiger partial charge < -0.3 is 0 Å². The van der Waals surface area contributed by atoms with Crippen molar-refractivity contribution in [3.8, 4) is 0 Å². The standard InChI is InChI=1S/C15H18F4N2S/c1-4-7-8-20-12(5-2)21(6-3)22-15-11(17)9-10(16)13(18)14(15)19/h5,8-9H,4,6-7H2,1-3H3/b12-5+,20-8?. The summed E-state index contributed by atoms with van der Waals surface area (Å²) in [5, 5.41) is 0. The van der Waals surface area contributed by atoms with E-state index in [0.29, 0.717) is 30.4 Å². The minimum atomic E-state index is -1.68. The summed E-state index contributed by atoms with van der Waals surface area (Å²) in [7, 11) is 0. The van der Waals surface area contributed by atoms with E-state index in [9.17, 15) is 17.6 Å². The Hall–Kier alpha value is -1.50. The number of aliphatic imine (C=N–C) groups is 1. The molecule has 0 radical (unpaired) electrons. The van der Waals surface area contributed by atoms with Crippen molar-refractivity contribution in [1.29, 1.82) is 0 Å². The second-order valence-corrected chi connectivity index (χ2v) is 5.36. The zero-order chi connectivity index (χ0) is 16.7. The van der Waals surface area contributed by atoms with Gasteiger partial charge in [0.25, 0.3) is 0 Å². The van der Waals surface area contributed by atoms with Crippen LogP contribution in [0.1, 0.15) is 33.6 Å². The van der Waals surface area contributed by atoms with E-state index in [-0.39, 0.29) is 0 Å². The first kappa shape index (κ1) is 18.5. The fourth-order valence-electron chi connectivity index (χ4n) is 1.59. The molecule has 0 fully saturated rings. The van der Waals surface area contributed by atoms with Crippen LogP contribution in [0.2, 0.25) is 0 Å². The SMILES string of the molecule is C/C=C(\N=CCCC)N(CC)Sc1c(F)cc(F)c(F)c1F. The molecule has 0 aliphatic heterocycles. The lowest BCUT2D eigenvalue weighted by atomic mass is 10.3. The van der Waals surface area contributed by atoms with Crippen molar-refractivity contribution in [2.24, 2.45) is 4.99 Å². The summed E-state index contributed by atoms with van der Waals surface area (Å²) in [6, 6.07) is 0.338. The number of unbranched alkanes of at least 4 members (excludes halogenated alkanes) is 1. The number of rotatable bonds is 7. The van der Waals surface area contributed by atoms with Crippen LogP contribution >= 0.6 is 11.9 Å². The van der Waals surface area contributed by atoms with Gasteiger partial charge in [-0.15, -0.1) is 0 Å². The molecule has 0 aliphatic carbocycles. The lowest BCUT2D eigenvalue weighted by molar-refractivity contribution is 0.414. The minimum absolute atomic E-state index is 0.338. The number of nitrogens with zero attached hydrogens (tertiary/aromatic N) is 2. The van der Waals surface area contributed by atoms with Crippen molar-refractivity contribution in [3.05, 3.63) is 41.2 Å². The van der Waals surface area contributed by atoms with E-state index < -0.39 is 28.2 Å². The van der Waals surface area contributed by atoms with Gasteiger partial charge in [-0.25, -0.2) is 22.6 Å². The lowest BCUT2D eigenvalue weighted by Crippen LogP contribution is -2.14. The second-order valence-electron chi connectivity index (χ2n) is 4.33. The molecule has 1 rings (SSSR count). The number of benzene rings is 1. The summed E-state index contributed by atoms with van der Waals surface area (Å²) in [5.41, 5.74) is 0. The Morgan fingerprint density at radius 1 is 1.18 bits per heavy atom. The molecule has 0 saturated heterocycles. The first-order valence-corrected chi connectivity index (χ1v) is 7.70. The smallest absolute Gasteiger partial charge is 0.195 e. The minimum Gasteiger partial charge on any atom is -0.297 e. The maximum Gasteiger partial charge on any atom is 0.195 e. The Morgan fingerprint density at radius 2 is 1.86 bits per heavy atom. The Kier molecular flexibility index (Phi) is 7.44. The molecule has 122 valence electrons. The average molecular weight is 334 g/mol. The van der Waals surface area contributed by atoms with Crippen molar-refractivity contribution in [2.45, 2.75) is 38.5 Å². The molecule has 0 aromatic heterocycles. The lowest BCUT2D eigenvalue weighted by Gasteiger charge is -2.22. The summed E-state index contributed by atoms with van der Waals surface area (Å²) in [6.45, 7) is 5.88. The quantitative estimate of drug-likeness (QED) is 0.221. The molecule has 0 saturated carbocycles. The van der Waals surface area contributed by atoms with Gasteiger partial charge in [0.15, 0.2) is 17.5 Å². The molecule has 7 heteroatoms. The molecule has 0 amide bonds. The molecular weight excluding hydrogens is 316 g/mol. The van der Waals surface area contributed by atoms with Crippen molar-refractivity contribution in [3.63, 3.8) is 0 Å². The fraction of sp³-hybridized carbons (Fsp3) is 0.400. The zero-order valence-corrected chi connectivity index (χ0v) is 13.5. The average Bonchev–Trinajstić information content (AvgIpc) is 2.50. The van der Waals surface area contributed by atoms with Gasteiger partial charge in [-0.05, 0) is 38.3 Å². The van der Waals surface area contributed by atoms with E-state index in [1.807, 2.05) is 6.92 Å². The van der Waals surface area contributed by atoms with Crippen molar-refractivity contribution >= 4 is 18.2 Å². The highest BCUT2D eigenvalue weighted by atomic mass is 32.2. The summed E-state index contributed by atoms with van der Waals surface area (Å²) in [5.74, 6) is -5.42. The van der Waals surface area contributed by atoms with Crippen molar-refractivity contribution < 1.29 is 17.6 Å². The van der Waals surface area contributed by atoms with E-state index in [2.05, 4.69) is 4.99 Å². The molecule has 0 unspecified atom stereocenters. The number of halogens is 4. The molecule has 2 nitrogen and oxygen atoms in total. The van der Waals surface area contributed by atoms with Crippen LogP contribution in [0.15, 0.2) is 27.9 Å². The second kappa shape index (κ2) is 8.82. The number of hydrogen-bond donors (Lipinski definition) is 0. The normalized spacial score (nSPS) is 12.2. The highest BCUT2D eigenvalue weighted by molar-refractivity contribution is 7.97. The van der Waals surface area contributed by atoms with Crippen LogP contribution in [0, 0.1) is 23.3 Å². The van der Waals surface area contributed by atoms with Crippen molar-refractivity contribution in [1.82, 2.24) is 4.31 Å². The number of allylic oxidation sites excluding steroid dienone is 1. The van der Waals surface area contributed by atoms with Gasteiger partial charge in [-0.3, -0.25) is 4.31 Å². The van der Waals surface area contributed by atoms with E-state index in [1.54, 1.807) is 26.1 Å². The van der Waals surface area contributed by atoms with Gasteiger partial charge in [0.05, 0.1) is 0 Å². The van der Waals surface area contributed by atoms with Crippen molar-refractivity contribution in [2.75, 3.05) is 6.54 Å². The van der Waals surface area contributed by atoms with E-state index >= 15 is 0 Å². The van der Waals surface area contributed by atoms with Crippen LogP contribution in [0.4, 0.5) is 17.6 Å². The maximum absolute atomic E-state index is 13.7. The highest BCUT2D eigenvalue weighted by Crippen LogP contribution is 2.33. The molecule has 1 aromatic rings. The van der Waals surface area contributed by atoms with Crippen LogP contribution in [-0.2, 0) is 0 Å². The van der Waals surface area contributed by atoms with Gasteiger partial charge in [-0.2, -0.15) is 0 Å². The molecule has 0 spiro atoms. The molecule has 0 bridgehead atoms. The first-order chi connectivity index (χ1) is 10.5. The molecule has 0 heterocycles.